The summed E-state index contributed by atoms with van der Waals surface area (Å²) in [7, 11) is 5.03. The van der Waals surface area contributed by atoms with Crippen LogP contribution in [-0.4, -0.2) is 79.3 Å². The zero-order valence-corrected chi connectivity index (χ0v) is 28.1. The lowest BCUT2D eigenvalue weighted by molar-refractivity contribution is -0.117. The third kappa shape index (κ3) is 8.10. The van der Waals surface area contributed by atoms with Gasteiger partial charge in [0.2, 0.25) is 11.8 Å². The number of aromatic amines is 1. The van der Waals surface area contributed by atoms with Crippen LogP contribution in [0.4, 0.5) is 22.0 Å². The Bertz CT molecular complexity index is 2060. The number of H-pyrrole nitrogens is 1. The monoisotopic (exact) mass is 696 g/mol. The molecule has 256 valence electrons. The van der Waals surface area contributed by atoms with Crippen molar-refractivity contribution in [2.45, 2.75) is 31.7 Å². The van der Waals surface area contributed by atoms with E-state index in [-0.39, 0.29) is 18.2 Å². The van der Waals surface area contributed by atoms with Gasteiger partial charge in [-0.1, -0.05) is 11.6 Å². The fourth-order valence-corrected chi connectivity index (χ4v) is 5.50. The molecule has 0 saturated heterocycles. The van der Waals surface area contributed by atoms with Crippen LogP contribution in [0, 0.1) is 0 Å². The molecule has 4 N–H and O–H groups in total. The van der Waals surface area contributed by atoms with Crippen LogP contribution in [0.2, 0.25) is 5.02 Å². The van der Waals surface area contributed by atoms with Gasteiger partial charge in [0.1, 0.15) is 23.8 Å². The number of amides is 3. The predicted molar refractivity (Wildman–Crippen MR) is 186 cm³/mol. The number of carbonyl (C=O) groups excluding carboxylic acids is 3. The maximum atomic E-state index is 13.5. The number of hydrogen-bond acceptors (Lipinski definition) is 11. The van der Waals surface area contributed by atoms with E-state index in [1.807, 2.05) is 25.1 Å². The van der Waals surface area contributed by atoms with Crippen LogP contribution in [0.25, 0.3) is 23.0 Å². The van der Waals surface area contributed by atoms with Gasteiger partial charge in [-0.2, -0.15) is 4.68 Å². The number of carbonyl (C=O) groups is 3. The van der Waals surface area contributed by atoms with Gasteiger partial charge in [-0.15, -0.1) is 5.10 Å². The van der Waals surface area contributed by atoms with E-state index in [0.29, 0.717) is 75.6 Å². The number of rotatable bonds is 6. The number of ether oxygens (including phenoxy) is 1. The van der Waals surface area contributed by atoms with E-state index >= 15 is 0 Å². The van der Waals surface area contributed by atoms with Crippen molar-refractivity contribution < 1.29 is 19.1 Å². The first-order valence-corrected chi connectivity index (χ1v) is 15.9. The maximum Gasteiger partial charge on any atom is 0.411 e. The summed E-state index contributed by atoms with van der Waals surface area (Å²) in [6, 6.07) is 11.6. The third-order valence-electron chi connectivity index (χ3n) is 7.79. The van der Waals surface area contributed by atoms with E-state index in [4.69, 9.17) is 21.3 Å². The summed E-state index contributed by atoms with van der Waals surface area (Å²) in [6.45, 7) is 0. The number of anilines is 3. The molecule has 0 aliphatic carbocycles. The highest BCUT2D eigenvalue weighted by Crippen LogP contribution is 2.32. The summed E-state index contributed by atoms with van der Waals surface area (Å²) in [5, 5.41) is 20.5. The smallest absolute Gasteiger partial charge is 0.411 e. The largest absolute Gasteiger partial charge is 0.453 e. The molecule has 50 heavy (non-hydrogen) atoms. The predicted octanol–water partition coefficient (Wildman–Crippen LogP) is 4.13. The maximum absolute atomic E-state index is 13.5. The van der Waals surface area contributed by atoms with Crippen molar-refractivity contribution >= 4 is 52.8 Å². The molecule has 1 aliphatic heterocycles. The van der Waals surface area contributed by atoms with E-state index < -0.39 is 12.1 Å². The van der Waals surface area contributed by atoms with Crippen molar-refractivity contribution in [3.8, 4) is 16.9 Å². The first kappa shape index (κ1) is 33.7. The number of tetrazole rings is 1. The average Bonchev–Trinajstić information content (AvgIpc) is 3.81. The molecular weight excluding hydrogens is 664 g/mol. The summed E-state index contributed by atoms with van der Waals surface area (Å²) in [5.74, 6) is 1.06. The molecule has 1 aliphatic rings. The lowest BCUT2D eigenvalue weighted by atomic mass is 10.1. The number of hydrogen-bond donors (Lipinski definition) is 4. The number of imidazole rings is 1. The van der Waals surface area contributed by atoms with Gasteiger partial charge in [-0.3, -0.25) is 14.9 Å². The molecule has 0 unspecified atom stereocenters. The van der Waals surface area contributed by atoms with Crippen LogP contribution >= 0.6 is 11.6 Å². The highest BCUT2D eigenvalue weighted by molar-refractivity contribution is 6.30. The van der Waals surface area contributed by atoms with Crippen molar-refractivity contribution in [3.63, 3.8) is 0 Å². The van der Waals surface area contributed by atoms with E-state index in [2.05, 4.69) is 46.4 Å². The first-order chi connectivity index (χ1) is 24.1. The topological polar surface area (TPSA) is 198 Å². The molecular formula is C33H33ClN12O4. The molecule has 0 radical (unpaired) electrons. The Kier molecular flexibility index (Phi) is 10.1. The molecule has 17 heteroatoms. The molecule has 1 atom stereocenters. The van der Waals surface area contributed by atoms with E-state index in [1.165, 1.54) is 24.2 Å². The molecule has 3 amide bonds. The molecule has 0 saturated carbocycles. The van der Waals surface area contributed by atoms with Crippen molar-refractivity contribution in [1.29, 1.82) is 0 Å². The van der Waals surface area contributed by atoms with Crippen LogP contribution < -0.4 is 20.9 Å². The highest BCUT2D eigenvalue weighted by Gasteiger charge is 2.21. The summed E-state index contributed by atoms with van der Waals surface area (Å²) in [5.41, 5.74) is 4.08. The molecule has 3 aromatic heterocycles. The molecule has 4 heterocycles. The van der Waals surface area contributed by atoms with Crippen LogP contribution in [-0.2, 0) is 27.2 Å². The molecule has 6 rings (SSSR count). The number of nitrogens with zero attached hydrogens (tertiary/aromatic N) is 8. The number of methoxy groups -OCH3 is 1. The van der Waals surface area contributed by atoms with Crippen LogP contribution in [0.15, 0.2) is 61.1 Å². The average molecular weight is 697 g/mol. The summed E-state index contributed by atoms with van der Waals surface area (Å²) >= 11 is 6.26. The second-order valence-corrected chi connectivity index (χ2v) is 12.0. The molecule has 0 spiro atoms. The van der Waals surface area contributed by atoms with Crippen molar-refractivity contribution in [3.05, 3.63) is 89.0 Å². The van der Waals surface area contributed by atoms with Crippen molar-refractivity contribution in [2.24, 2.45) is 0 Å². The zero-order valence-electron chi connectivity index (χ0n) is 27.3. The Balaban J connectivity index is 1.35. The Hall–Kier alpha value is -6.16. The summed E-state index contributed by atoms with van der Waals surface area (Å²) in [6.07, 6.45) is 6.80. The van der Waals surface area contributed by atoms with E-state index in [0.717, 1.165) is 5.69 Å². The Morgan fingerprint density at radius 2 is 1.96 bits per heavy atom. The van der Waals surface area contributed by atoms with Gasteiger partial charge in [0, 0.05) is 66.6 Å². The van der Waals surface area contributed by atoms with Gasteiger partial charge >= 0.3 is 6.09 Å². The first-order valence-electron chi connectivity index (χ1n) is 15.5. The van der Waals surface area contributed by atoms with Crippen molar-refractivity contribution in [2.75, 3.05) is 36.7 Å². The van der Waals surface area contributed by atoms with Gasteiger partial charge in [0.15, 0.2) is 0 Å². The minimum absolute atomic E-state index is 0.116. The number of halogens is 1. The Labute approximate surface area is 291 Å². The number of nitrogens with one attached hydrogen (secondary N) is 4. The van der Waals surface area contributed by atoms with E-state index in [1.54, 1.807) is 48.7 Å². The third-order valence-corrected chi connectivity index (χ3v) is 8.03. The lowest BCUT2D eigenvalue weighted by Crippen LogP contribution is -2.28. The number of aromatic nitrogens is 8. The number of aryl methyl sites for hydroxylation is 2. The van der Waals surface area contributed by atoms with Gasteiger partial charge in [-0.25, -0.2) is 19.7 Å². The van der Waals surface area contributed by atoms with Crippen molar-refractivity contribution in [1.82, 2.24) is 45.5 Å². The highest BCUT2D eigenvalue weighted by atomic mass is 35.5. The molecule has 4 bridgehead atoms. The minimum atomic E-state index is -0.652. The normalized spacial score (nSPS) is 14.6. The fraction of sp³-hybridized carbons (Fsp3) is 0.242. The van der Waals surface area contributed by atoms with Gasteiger partial charge < -0.3 is 25.3 Å². The number of benzene rings is 2. The minimum Gasteiger partial charge on any atom is -0.453 e. The van der Waals surface area contributed by atoms with Gasteiger partial charge in [0.05, 0.1) is 36.4 Å². The zero-order chi connectivity index (χ0) is 35.2. The standard InChI is InChI=1S/C33H33ClN12O4/c1-45(2)29-16-22-7-9-24(39-30(47)12-4-19-14-20(34)5-10-27(19)46-18-36-43-44-46)32-35-17-26(41-32)23-8-6-21(38-33(49)50-3)15-25(23)40-31(48)13-11-28(37-22)42-29/h4-6,8,10,12,14-18,24H,7,9,11,13H2,1-3H3,(H,35,41)(H,38,49)(H,39,47)(H,40,48)/b12-4+/t24-/m0/s1. The fourth-order valence-electron chi connectivity index (χ4n) is 5.32. The van der Waals surface area contributed by atoms with Gasteiger partial charge in [0.25, 0.3) is 0 Å². The second kappa shape index (κ2) is 14.9. The molecule has 0 fully saturated rings. The van der Waals surface area contributed by atoms with Crippen LogP contribution in [0.3, 0.4) is 0 Å². The van der Waals surface area contributed by atoms with Crippen LogP contribution in [0.5, 0.6) is 0 Å². The van der Waals surface area contributed by atoms with Gasteiger partial charge in [-0.05, 0) is 65.7 Å². The number of fused-ring (bicyclic) bond motifs is 6. The Morgan fingerprint density at radius 1 is 1.10 bits per heavy atom. The molecule has 16 nitrogen and oxygen atoms in total. The SMILES string of the molecule is COC(=O)Nc1ccc2c(c1)NC(=O)CCc1nc(cc(N(C)C)n1)CC[C@H](NC(=O)/C=C/c1cc(Cl)ccc1-n1cnnn1)c1ncc-2[nH]1. The molecule has 5 aromatic rings. The quantitative estimate of drug-likeness (QED) is 0.186. The summed E-state index contributed by atoms with van der Waals surface area (Å²) < 4.78 is 6.21. The Morgan fingerprint density at radius 3 is 2.74 bits per heavy atom. The van der Waals surface area contributed by atoms with Crippen LogP contribution in [0.1, 0.15) is 41.8 Å². The molecule has 2 aromatic carbocycles. The van der Waals surface area contributed by atoms with E-state index in [9.17, 15) is 14.4 Å². The summed E-state index contributed by atoms with van der Waals surface area (Å²) in [4.78, 5) is 57.8. The second-order valence-electron chi connectivity index (χ2n) is 11.5. The lowest BCUT2D eigenvalue weighted by Gasteiger charge is -2.17.